The lowest BCUT2D eigenvalue weighted by Gasteiger charge is -1.98. The molecule has 3 nitrogen and oxygen atoms in total. The highest BCUT2D eigenvalue weighted by Gasteiger charge is 1.91. The second-order valence-corrected chi connectivity index (χ2v) is 2.66. The molecule has 0 heterocycles. The van der Waals surface area contributed by atoms with E-state index in [9.17, 15) is 0 Å². The Bertz CT molecular complexity index is 271. The molecular formula is C9H12BNO2. The van der Waals surface area contributed by atoms with Crippen molar-refractivity contribution < 1.29 is 9.76 Å². The Morgan fingerprint density at radius 3 is 2.46 bits per heavy atom. The van der Waals surface area contributed by atoms with Gasteiger partial charge in [0.05, 0.1) is 13.2 Å². The lowest BCUT2D eigenvalue weighted by atomic mass is 10.1. The SMILES string of the molecule is BOC=NCc1ccc(CO)cc1. The number of aliphatic hydroxyl groups excluding tert-OH is 1. The summed E-state index contributed by atoms with van der Waals surface area (Å²) < 4.78 is 4.68. The van der Waals surface area contributed by atoms with Crippen LogP contribution in [0.15, 0.2) is 29.3 Å². The van der Waals surface area contributed by atoms with E-state index in [4.69, 9.17) is 5.11 Å². The monoisotopic (exact) mass is 177 g/mol. The normalized spacial score (nSPS) is 10.5. The highest BCUT2D eigenvalue weighted by Crippen LogP contribution is 2.04. The van der Waals surface area contributed by atoms with Gasteiger partial charge in [-0.15, -0.1) is 0 Å². The molecule has 0 saturated heterocycles. The Hall–Kier alpha value is -1.29. The van der Waals surface area contributed by atoms with Crippen LogP contribution in [0.1, 0.15) is 11.1 Å². The van der Waals surface area contributed by atoms with Gasteiger partial charge in [-0.2, -0.15) is 0 Å². The summed E-state index contributed by atoms with van der Waals surface area (Å²) in [6.07, 6.45) is 1.42. The van der Waals surface area contributed by atoms with Crippen LogP contribution in [0.4, 0.5) is 0 Å². The van der Waals surface area contributed by atoms with Crippen LogP contribution in [0.5, 0.6) is 0 Å². The van der Waals surface area contributed by atoms with Crippen LogP contribution in [0.25, 0.3) is 0 Å². The van der Waals surface area contributed by atoms with E-state index < -0.39 is 0 Å². The standard InChI is InChI=1S/C9H12BNO2/c10-13-7-11-5-8-1-3-9(6-12)4-2-8/h1-4,7,12H,5-6,10H2. The van der Waals surface area contributed by atoms with Gasteiger partial charge in [-0.1, -0.05) is 24.3 Å². The molecule has 1 rings (SSSR count). The van der Waals surface area contributed by atoms with Crippen molar-refractivity contribution in [2.24, 2.45) is 4.99 Å². The van der Waals surface area contributed by atoms with Crippen molar-refractivity contribution in [1.29, 1.82) is 0 Å². The lowest BCUT2D eigenvalue weighted by molar-refractivity contribution is 0.282. The van der Waals surface area contributed by atoms with Crippen LogP contribution in [0, 0.1) is 0 Å². The number of hydrogen-bond acceptors (Lipinski definition) is 3. The molecule has 0 fully saturated rings. The molecule has 0 bridgehead atoms. The first-order valence-corrected chi connectivity index (χ1v) is 4.06. The second kappa shape index (κ2) is 5.38. The molecule has 0 unspecified atom stereocenters. The lowest BCUT2D eigenvalue weighted by Crippen LogP contribution is -1.86. The van der Waals surface area contributed by atoms with E-state index in [-0.39, 0.29) is 6.61 Å². The Balaban J connectivity index is 2.54. The molecule has 0 radical (unpaired) electrons. The van der Waals surface area contributed by atoms with E-state index in [1.807, 2.05) is 24.3 Å². The third-order valence-corrected chi connectivity index (χ3v) is 1.66. The Morgan fingerprint density at radius 2 is 1.92 bits per heavy atom. The predicted octanol–water partition coefficient (Wildman–Crippen LogP) is 0.272. The van der Waals surface area contributed by atoms with Gasteiger partial charge in [0.2, 0.25) is 0 Å². The highest BCUT2D eigenvalue weighted by molar-refractivity contribution is 6.02. The first kappa shape index (κ1) is 9.80. The zero-order valence-electron chi connectivity index (χ0n) is 7.60. The van der Waals surface area contributed by atoms with Crippen molar-refractivity contribution in [1.82, 2.24) is 0 Å². The molecular weight excluding hydrogens is 165 g/mol. The summed E-state index contributed by atoms with van der Waals surface area (Å²) in [6, 6.07) is 7.66. The second-order valence-electron chi connectivity index (χ2n) is 2.66. The van der Waals surface area contributed by atoms with E-state index in [0.717, 1.165) is 11.1 Å². The summed E-state index contributed by atoms with van der Waals surface area (Å²) in [4.78, 5) is 4.01. The molecule has 4 heteroatoms. The zero-order chi connectivity index (χ0) is 9.52. The van der Waals surface area contributed by atoms with Gasteiger partial charge in [0.25, 0.3) is 0 Å². The average molecular weight is 177 g/mol. The molecule has 0 amide bonds. The Kier molecular flexibility index (Phi) is 4.05. The molecule has 0 saturated carbocycles. The fourth-order valence-electron chi connectivity index (χ4n) is 0.967. The Labute approximate surface area is 78.5 Å². The first-order chi connectivity index (χ1) is 6.36. The fraction of sp³-hybridized carbons (Fsp3) is 0.222. The van der Waals surface area contributed by atoms with Crippen LogP contribution >= 0.6 is 0 Å². The fourth-order valence-corrected chi connectivity index (χ4v) is 0.967. The summed E-state index contributed by atoms with van der Waals surface area (Å²) >= 11 is 0. The summed E-state index contributed by atoms with van der Waals surface area (Å²) in [7, 11) is 1.57. The molecule has 0 aliphatic carbocycles. The smallest absolute Gasteiger partial charge is 0.323 e. The summed E-state index contributed by atoms with van der Waals surface area (Å²) in [5, 5.41) is 8.79. The molecule has 1 N–H and O–H groups in total. The van der Waals surface area contributed by atoms with Gasteiger partial charge in [-0.3, -0.25) is 4.99 Å². The molecule has 0 aliphatic rings. The van der Waals surface area contributed by atoms with Crippen molar-refractivity contribution in [2.45, 2.75) is 13.2 Å². The topological polar surface area (TPSA) is 41.8 Å². The minimum atomic E-state index is 0.0849. The molecule has 13 heavy (non-hydrogen) atoms. The van der Waals surface area contributed by atoms with Crippen molar-refractivity contribution in [3.8, 4) is 0 Å². The molecule has 68 valence electrons. The van der Waals surface area contributed by atoms with E-state index >= 15 is 0 Å². The van der Waals surface area contributed by atoms with Gasteiger partial charge in [0.15, 0.2) is 6.40 Å². The van der Waals surface area contributed by atoms with Gasteiger partial charge in [0, 0.05) is 0 Å². The first-order valence-electron chi connectivity index (χ1n) is 4.06. The summed E-state index contributed by atoms with van der Waals surface area (Å²) in [5.41, 5.74) is 2.02. The largest absolute Gasteiger partial charge is 0.560 e. The van der Waals surface area contributed by atoms with E-state index in [1.165, 1.54) is 6.40 Å². The number of aliphatic hydroxyl groups is 1. The quantitative estimate of drug-likeness (QED) is 0.407. The Morgan fingerprint density at radius 1 is 1.31 bits per heavy atom. The van der Waals surface area contributed by atoms with Crippen molar-refractivity contribution in [3.63, 3.8) is 0 Å². The van der Waals surface area contributed by atoms with Gasteiger partial charge in [-0.05, 0) is 11.1 Å². The summed E-state index contributed by atoms with van der Waals surface area (Å²) in [5.74, 6) is 0. The number of benzene rings is 1. The van der Waals surface area contributed by atoms with Gasteiger partial charge >= 0.3 is 8.05 Å². The van der Waals surface area contributed by atoms with Crippen molar-refractivity contribution in [3.05, 3.63) is 35.4 Å². The van der Waals surface area contributed by atoms with Gasteiger partial charge in [0.1, 0.15) is 0 Å². The van der Waals surface area contributed by atoms with E-state index in [0.29, 0.717) is 6.54 Å². The van der Waals surface area contributed by atoms with Crippen LogP contribution in [-0.2, 0) is 17.8 Å². The maximum atomic E-state index is 8.79. The highest BCUT2D eigenvalue weighted by atomic mass is 16.4. The number of nitrogens with zero attached hydrogens (tertiary/aromatic N) is 1. The maximum Gasteiger partial charge on any atom is 0.323 e. The minimum Gasteiger partial charge on any atom is -0.560 e. The third kappa shape index (κ3) is 3.30. The number of aliphatic imine (C=N–C) groups is 1. The van der Waals surface area contributed by atoms with Crippen LogP contribution < -0.4 is 0 Å². The van der Waals surface area contributed by atoms with Crippen molar-refractivity contribution in [2.75, 3.05) is 0 Å². The van der Waals surface area contributed by atoms with Crippen molar-refractivity contribution >= 4 is 14.4 Å². The molecule has 0 atom stereocenters. The van der Waals surface area contributed by atoms with E-state index in [2.05, 4.69) is 9.65 Å². The molecule has 0 spiro atoms. The number of hydrogen-bond donors (Lipinski definition) is 1. The molecule has 1 aromatic carbocycles. The minimum absolute atomic E-state index is 0.0849. The average Bonchev–Trinajstić information content (AvgIpc) is 2.19. The van der Waals surface area contributed by atoms with E-state index in [1.54, 1.807) is 8.05 Å². The molecule has 0 aliphatic heterocycles. The zero-order valence-corrected chi connectivity index (χ0v) is 7.60. The van der Waals surface area contributed by atoms with Gasteiger partial charge in [-0.25, -0.2) is 0 Å². The predicted molar refractivity (Wildman–Crippen MR) is 54.2 cm³/mol. The maximum absolute atomic E-state index is 8.79. The number of rotatable bonds is 4. The van der Waals surface area contributed by atoms with Crippen LogP contribution in [0.2, 0.25) is 0 Å². The molecule has 1 aromatic rings. The van der Waals surface area contributed by atoms with Gasteiger partial charge < -0.3 is 9.76 Å². The summed E-state index contributed by atoms with van der Waals surface area (Å²) in [6.45, 7) is 0.696. The third-order valence-electron chi connectivity index (χ3n) is 1.66. The van der Waals surface area contributed by atoms with Crippen LogP contribution in [-0.4, -0.2) is 19.6 Å². The van der Waals surface area contributed by atoms with Crippen LogP contribution in [0.3, 0.4) is 0 Å². The molecule has 0 aromatic heterocycles.